The van der Waals surface area contributed by atoms with E-state index < -0.39 is 0 Å². The van der Waals surface area contributed by atoms with Gasteiger partial charge in [-0.05, 0) is 38.4 Å². The van der Waals surface area contributed by atoms with Gasteiger partial charge >= 0.3 is 0 Å². The van der Waals surface area contributed by atoms with Gasteiger partial charge in [0.2, 0.25) is 0 Å². The number of nitrogens with one attached hydrogen (secondary N) is 2. The van der Waals surface area contributed by atoms with Crippen molar-refractivity contribution < 1.29 is 5.11 Å². The van der Waals surface area contributed by atoms with Crippen LogP contribution in [0.5, 0.6) is 5.75 Å². The van der Waals surface area contributed by atoms with Crippen molar-refractivity contribution in [1.82, 2.24) is 15.6 Å². The number of anilines is 1. The molecular formula is C18H28N4O. The zero-order chi connectivity index (χ0) is 16.1. The van der Waals surface area contributed by atoms with Crippen molar-refractivity contribution in [2.24, 2.45) is 0 Å². The van der Waals surface area contributed by atoms with E-state index in [4.69, 9.17) is 0 Å². The predicted octanol–water partition coefficient (Wildman–Crippen LogP) is 1.85. The number of hydrogen-bond acceptors (Lipinski definition) is 5. The maximum Gasteiger partial charge on any atom is 0.122 e. The number of benzene rings is 1. The van der Waals surface area contributed by atoms with Crippen LogP contribution in [0, 0.1) is 0 Å². The molecule has 2 aliphatic rings. The molecule has 3 N–H and O–H groups in total. The van der Waals surface area contributed by atoms with Gasteiger partial charge in [-0.25, -0.2) is 5.43 Å². The van der Waals surface area contributed by atoms with E-state index >= 15 is 0 Å². The molecule has 1 aromatic rings. The summed E-state index contributed by atoms with van der Waals surface area (Å²) < 4.78 is 0. The zero-order valence-electron chi connectivity index (χ0n) is 13.8. The van der Waals surface area contributed by atoms with Crippen LogP contribution in [0.4, 0.5) is 5.69 Å². The Bertz CT molecular complexity index is 520. The molecule has 2 aliphatic heterocycles. The van der Waals surface area contributed by atoms with Gasteiger partial charge in [0.25, 0.3) is 0 Å². The fourth-order valence-electron chi connectivity index (χ4n) is 3.39. The highest BCUT2D eigenvalue weighted by Gasteiger charge is 2.20. The fourth-order valence-corrected chi connectivity index (χ4v) is 3.39. The van der Waals surface area contributed by atoms with Gasteiger partial charge in [-0.2, -0.15) is 0 Å². The molecule has 23 heavy (non-hydrogen) atoms. The second kappa shape index (κ2) is 7.81. The molecule has 2 fully saturated rings. The van der Waals surface area contributed by atoms with E-state index in [-0.39, 0.29) is 0 Å². The molecule has 0 atom stereocenters. The first kappa shape index (κ1) is 16.3. The van der Waals surface area contributed by atoms with Crippen molar-refractivity contribution in [2.75, 3.05) is 37.7 Å². The van der Waals surface area contributed by atoms with Crippen LogP contribution in [-0.2, 0) is 6.54 Å². The standard InChI is InChI=1S/C18H28N4O/c1-2-8-19-16-6-11-21(12-7-16)14-15-4-5-17(13-18(15)23)22-10-3-9-20-22/h2,4-5,13,16,19-20,23H,1,3,6-12,14H2. The Morgan fingerprint density at radius 1 is 1.30 bits per heavy atom. The Morgan fingerprint density at radius 2 is 2.13 bits per heavy atom. The summed E-state index contributed by atoms with van der Waals surface area (Å²) in [6.45, 7) is 9.63. The molecule has 0 aliphatic carbocycles. The molecule has 0 saturated carbocycles. The Morgan fingerprint density at radius 3 is 2.78 bits per heavy atom. The summed E-state index contributed by atoms with van der Waals surface area (Å²) in [5.41, 5.74) is 5.39. The number of hydrogen-bond donors (Lipinski definition) is 3. The van der Waals surface area contributed by atoms with E-state index in [2.05, 4.69) is 39.4 Å². The van der Waals surface area contributed by atoms with Crippen LogP contribution in [-0.4, -0.2) is 48.8 Å². The number of likely N-dealkylation sites (tertiary alicyclic amines) is 1. The second-order valence-electron chi connectivity index (χ2n) is 6.47. The van der Waals surface area contributed by atoms with Gasteiger partial charge in [0, 0.05) is 43.9 Å². The molecule has 2 heterocycles. The Balaban J connectivity index is 1.53. The molecule has 5 heteroatoms. The van der Waals surface area contributed by atoms with Gasteiger partial charge in [0.15, 0.2) is 0 Å². The normalized spacial score (nSPS) is 20.1. The summed E-state index contributed by atoms with van der Waals surface area (Å²) in [5, 5.41) is 16.0. The highest BCUT2D eigenvalue weighted by atomic mass is 16.3. The van der Waals surface area contributed by atoms with Crippen molar-refractivity contribution in [3.8, 4) is 5.75 Å². The molecule has 2 saturated heterocycles. The van der Waals surface area contributed by atoms with Crippen molar-refractivity contribution in [3.63, 3.8) is 0 Å². The SMILES string of the molecule is C=CCNC1CCN(Cc2ccc(N3CCCN3)cc2O)CC1. The molecule has 0 bridgehead atoms. The lowest BCUT2D eigenvalue weighted by atomic mass is 10.0. The number of phenolic OH excluding ortho intramolecular Hbond substituents is 1. The molecule has 1 aromatic carbocycles. The van der Waals surface area contributed by atoms with E-state index in [1.54, 1.807) is 0 Å². The Kier molecular flexibility index (Phi) is 5.54. The topological polar surface area (TPSA) is 50.8 Å². The van der Waals surface area contributed by atoms with Crippen molar-refractivity contribution >= 4 is 5.69 Å². The smallest absolute Gasteiger partial charge is 0.122 e. The molecule has 0 radical (unpaired) electrons. The number of piperidine rings is 1. The lowest BCUT2D eigenvalue weighted by molar-refractivity contribution is 0.191. The van der Waals surface area contributed by atoms with Gasteiger partial charge in [-0.1, -0.05) is 12.1 Å². The number of nitrogens with zero attached hydrogens (tertiary/aromatic N) is 2. The number of rotatable bonds is 6. The zero-order valence-corrected chi connectivity index (χ0v) is 13.8. The average Bonchev–Trinajstić information content (AvgIpc) is 3.10. The average molecular weight is 316 g/mol. The first-order valence-electron chi connectivity index (χ1n) is 8.66. The molecule has 0 aromatic heterocycles. The van der Waals surface area contributed by atoms with Crippen LogP contribution >= 0.6 is 0 Å². The minimum absolute atomic E-state index is 0.406. The van der Waals surface area contributed by atoms with E-state index in [1.165, 1.54) is 0 Å². The summed E-state index contributed by atoms with van der Waals surface area (Å²) in [6.07, 6.45) is 5.38. The molecule has 5 nitrogen and oxygen atoms in total. The minimum atomic E-state index is 0.406. The van der Waals surface area contributed by atoms with Gasteiger partial charge in [0.05, 0.1) is 5.69 Å². The van der Waals surface area contributed by atoms with Crippen molar-refractivity contribution in [1.29, 1.82) is 0 Å². The third kappa shape index (κ3) is 4.25. The summed E-state index contributed by atoms with van der Waals surface area (Å²) >= 11 is 0. The second-order valence-corrected chi connectivity index (χ2v) is 6.47. The van der Waals surface area contributed by atoms with Crippen LogP contribution in [0.15, 0.2) is 30.9 Å². The highest BCUT2D eigenvalue weighted by molar-refractivity contribution is 5.53. The van der Waals surface area contributed by atoms with E-state index in [0.717, 1.165) is 69.8 Å². The summed E-state index contributed by atoms with van der Waals surface area (Å²) in [4.78, 5) is 2.43. The Hall–Kier alpha value is -1.56. The van der Waals surface area contributed by atoms with Crippen LogP contribution in [0.3, 0.4) is 0 Å². The summed E-state index contributed by atoms with van der Waals surface area (Å²) in [5.74, 6) is 0.406. The van der Waals surface area contributed by atoms with Crippen molar-refractivity contribution in [3.05, 3.63) is 36.4 Å². The van der Waals surface area contributed by atoms with E-state index in [1.807, 2.05) is 12.1 Å². The summed E-state index contributed by atoms with van der Waals surface area (Å²) in [6, 6.07) is 6.64. The van der Waals surface area contributed by atoms with Crippen LogP contribution in [0.25, 0.3) is 0 Å². The van der Waals surface area contributed by atoms with Gasteiger partial charge in [-0.3, -0.25) is 4.90 Å². The Labute approximate surface area is 138 Å². The quantitative estimate of drug-likeness (QED) is 0.699. The molecule has 0 amide bonds. The molecule has 0 unspecified atom stereocenters. The lowest BCUT2D eigenvalue weighted by Gasteiger charge is -2.32. The molecule has 126 valence electrons. The summed E-state index contributed by atoms with van der Waals surface area (Å²) in [7, 11) is 0. The predicted molar refractivity (Wildman–Crippen MR) is 94.6 cm³/mol. The maximum absolute atomic E-state index is 10.3. The third-order valence-corrected chi connectivity index (χ3v) is 4.77. The number of phenols is 1. The van der Waals surface area contributed by atoms with Gasteiger partial charge in [0.1, 0.15) is 5.75 Å². The monoisotopic (exact) mass is 316 g/mol. The number of hydrazine groups is 1. The highest BCUT2D eigenvalue weighted by Crippen LogP contribution is 2.27. The molecule has 3 rings (SSSR count). The van der Waals surface area contributed by atoms with Gasteiger partial charge < -0.3 is 15.4 Å². The third-order valence-electron chi connectivity index (χ3n) is 4.77. The van der Waals surface area contributed by atoms with Gasteiger partial charge in [-0.15, -0.1) is 6.58 Å². The first-order chi connectivity index (χ1) is 11.3. The van der Waals surface area contributed by atoms with E-state index in [9.17, 15) is 5.11 Å². The largest absolute Gasteiger partial charge is 0.508 e. The van der Waals surface area contributed by atoms with Crippen LogP contribution < -0.4 is 15.8 Å². The van der Waals surface area contributed by atoms with Crippen LogP contribution in [0.2, 0.25) is 0 Å². The molecule has 0 spiro atoms. The fraction of sp³-hybridized carbons (Fsp3) is 0.556. The van der Waals surface area contributed by atoms with Crippen LogP contribution in [0.1, 0.15) is 24.8 Å². The lowest BCUT2D eigenvalue weighted by Crippen LogP contribution is -2.42. The molecular weight excluding hydrogens is 288 g/mol. The minimum Gasteiger partial charge on any atom is -0.508 e. The number of aromatic hydroxyl groups is 1. The van der Waals surface area contributed by atoms with Crippen molar-refractivity contribution in [2.45, 2.75) is 31.8 Å². The maximum atomic E-state index is 10.3. The first-order valence-corrected chi connectivity index (χ1v) is 8.66. The van der Waals surface area contributed by atoms with E-state index in [0.29, 0.717) is 11.8 Å².